The minimum atomic E-state index is -3.52. The molecule has 4 aromatic rings. The van der Waals surface area contributed by atoms with Crippen LogP contribution in [-0.4, -0.2) is 5.90 Å². The van der Waals surface area contributed by atoms with Gasteiger partial charge in [-0.3, -0.25) is 0 Å². The van der Waals surface area contributed by atoms with Gasteiger partial charge in [-0.15, -0.1) is 0 Å². The van der Waals surface area contributed by atoms with E-state index in [1.54, 1.807) is 24.3 Å². The summed E-state index contributed by atoms with van der Waals surface area (Å²) in [5, 5.41) is 2.26. The minimum Gasteiger partial charge on any atom is -0.416 e. The lowest BCUT2D eigenvalue weighted by molar-refractivity contribution is 0.391. The molecule has 0 aromatic heterocycles. The van der Waals surface area contributed by atoms with Crippen LogP contribution in [-0.2, 0) is 4.57 Å². The highest BCUT2D eigenvalue weighted by Gasteiger charge is 2.34. The normalized spacial score (nSPS) is 11.2. The summed E-state index contributed by atoms with van der Waals surface area (Å²) in [7, 11) is -4.47. The van der Waals surface area contributed by atoms with E-state index in [0.29, 0.717) is 11.5 Å². The van der Waals surface area contributed by atoms with E-state index in [4.69, 9.17) is 9.05 Å². The van der Waals surface area contributed by atoms with Crippen LogP contribution in [0, 0.1) is 0 Å². The van der Waals surface area contributed by atoms with Crippen LogP contribution in [0.15, 0.2) is 121 Å². The molecule has 150 valence electrons. The van der Waals surface area contributed by atoms with Gasteiger partial charge in [-0.25, -0.2) is 4.57 Å². The van der Waals surface area contributed by atoms with Gasteiger partial charge in [-0.05, 0) is 42.8 Å². The number of rotatable bonds is 8. The fraction of sp³-hybridized carbons (Fsp3) is 0.0400. The van der Waals surface area contributed by atoms with Crippen molar-refractivity contribution < 1.29 is 13.6 Å². The maximum absolute atomic E-state index is 14.1. The molecule has 0 saturated heterocycles. The lowest BCUT2D eigenvalue weighted by atomic mass is 10.3. The molecule has 0 atom stereocenters. The van der Waals surface area contributed by atoms with Crippen LogP contribution < -0.4 is 19.7 Å². The van der Waals surface area contributed by atoms with Crippen molar-refractivity contribution in [2.45, 2.75) is 0 Å². The molecular formula is C25H22O3P2. The van der Waals surface area contributed by atoms with Crippen molar-refractivity contribution in [1.82, 2.24) is 0 Å². The van der Waals surface area contributed by atoms with Gasteiger partial charge >= 0.3 is 7.60 Å². The quantitative estimate of drug-likeness (QED) is 0.301. The topological polar surface area (TPSA) is 35.5 Å². The highest BCUT2D eigenvalue weighted by Crippen LogP contribution is 2.57. The fourth-order valence-electron chi connectivity index (χ4n) is 3.06. The van der Waals surface area contributed by atoms with E-state index in [2.05, 4.69) is 24.3 Å². The lowest BCUT2D eigenvalue weighted by Crippen LogP contribution is -2.17. The van der Waals surface area contributed by atoms with Crippen molar-refractivity contribution in [3.63, 3.8) is 0 Å². The highest BCUT2D eigenvalue weighted by molar-refractivity contribution is 7.82. The summed E-state index contributed by atoms with van der Waals surface area (Å²) in [6.45, 7) is 0. The van der Waals surface area contributed by atoms with Crippen LogP contribution in [0.2, 0.25) is 0 Å². The first-order valence-electron chi connectivity index (χ1n) is 9.68. The first-order valence-corrected chi connectivity index (χ1v) is 12.9. The van der Waals surface area contributed by atoms with Crippen LogP contribution in [0.25, 0.3) is 0 Å². The summed E-state index contributed by atoms with van der Waals surface area (Å²) in [6, 6.07) is 38.8. The SMILES string of the molecule is O=P(CP(c1ccccc1)c1ccccc1)(Oc1ccccc1)Oc1ccccc1. The van der Waals surface area contributed by atoms with E-state index in [0.717, 1.165) is 10.6 Å². The van der Waals surface area contributed by atoms with E-state index in [1.165, 1.54) is 0 Å². The summed E-state index contributed by atoms with van der Waals surface area (Å²) in [6.07, 6.45) is 0. The van der Waals surface area contributed by atoms with Crippen molar-refractivity contribution in [3.8, 4) is 11.5 Å². The average Bonchev–Trinajstić information content (AvgIpc) is 2.80. The molecule has 0 aliphatic rings. The first-order chi connectivity index (χ1) is 14.7. The second-order valence-corrected chi connectivity index (χ2v) is 11.3. The summed E-state index contributed by atoms with van der Waals surface area (Å²) in [5.41, 5.74) is 0. The van der Waals surface area contributed by atoms with Gasteiger partial charge in [0.1, 0.15) is 17.4 Å². The minimum absolute atomic E-state index is 0.278. The van der Waals surface area contributed by atoms with E-state index in [1.807, 2.05) is 72.8 Å². The molecule has 0 radical (unpaired) electrons. The number of hydrogen-bond donors (Lipinski definition) is 0. The van der Waals surface area contributed by atoms with Crippen molar-refractivity contribution in [1.29, 1.82) is 0 Å². The molecule has 0 fully saturated rings. The maximum atomic E-state index is 14.1. The monoisotopic (exact) mass is 432 g/mol. The smallest absolute Gasteiger partial charge is 0.416 e. The molecule has 4 aromatic carbocycles. The molecule has 0 amide bonds. The van der Waals surface area contributed by atoms with Gasteiger partial charge in [0, 0.05) is 0 Å². The van der Waals surface area contributed by atoms with Crippen molar-refractivity contribution in [2.75, 3.05) is 5.90 Å². The Labute approximate surface area is 178 Å². The maximum Gasteiger partial charge on any atom is 0.435 e. The number of benzene rings is 4. The van der Waals surface area contributed by atoms with Crippen LogP contribution in [0.1, 0.15) is 0 Å². The third kappa shape index (κ3) is 5.39. The number of hydrogen-bond acceptors (Lipinski definition) is 3. The Balaban J connectivity index is 1.71. The molecule has 3 nitrogen and oxygen atoms in total. The molecule has 0 N–H and O–H groups in total. The largest absolute Gasteiger partial charge is 0.435 e. The molecule has 0 heterocycles. The molecule has 0 aliphatic carbocycles. The Morgan fingerprint density at radius 1 is 0.533 bits per heavy atom. The Morgan fingerprint density at radius 3 is 1.23 bits per heavy atom. The summed E-state index contributed by atoms with van der Waals surface area (Å²) in [5.74, 6) is 1.35. The van der Waals surface area contributed by atoms with E-state index >= 15 is 0 Å². The molecule has 0 unspecified atom stereocenters. The second-order valence-electron chi connectivity index (χ2n) is 6.66. The van der Waals surface area contributed by atoms with Crippen LogP contribution in [0.4, 0.5) is 0 Å². The Morgan fingerprint density at radius 2 is 0.867 bits per heavy atom. The molecule has 5 heteroatoms. The summed E-state index contributed by atoms with van der Waals surface area (Å²) >= 11 is 0. The average molecular weight is 432 g/mol. The summed E-state index contributed by atoms with van der Waals surface area (Å²) in [4.78, 5) is 0. The Bertz CT molecular complexity index is 1000. The Kier molecular flexibility index (Phi) is 6.64. The van der Waals surface area contributed by atoms with Crippen LogP contribution >= 0.6 is 15.5 Å². The Hall–Kier alpha value is -2.86. The van der Waals surface area contributed by atoms with Crippen molar-refractivity contribution in [3.05, 3.63) is 121 Å². The predicted octanol–water partition coefficient (Wildman–Crippen LogP) is 6.43. The molecule has 0 bridgehead atoms. The van der Waals surface area contributed by atoms with Gasteiger partial charge < -0.3 is 9.05 Å². The van der Waals surface area contributed by atoms with Gasteiger partial charge in [-0.2, -0.15) is 0 Å². The molecular weight excluding hydrogens is 410 g/mol. The third-order valence-electron chi connectivity index (χ3n) is 4.43. The van der Waals surface area contributed by atoms with Gasteiger partial charge in [0.2, 0.25) is 0 Å². The molecule has 0 aliphatic heterocycles. The van der Waals surface area contributed by atoms with Gasteiger partial charge in [0.15, 0.2) is 0 Å². The standard InChI is InChI=1S/C25H22O3P2/c26-30(27-22-13-5-1-6-14-22,28-23-15-7-2-8-16-23)21-29(24-17-9-3-10-18-24)25-19-11-4-12-20-25/h1-20H,21H2. The summed E-state index contributed by atoms with van der Waals surface area (Å²) < 4.78 is 26.1. The second kappa shape index (κ2) is 9.76. The lowest BCUT2D eigenvalue weighted by Gasteiger charge is -2.25. The zero-order chi connectivity index (χ0) is 20.7. The molecule has 0 spiro atoms. The van der Waals surface area contributed by atoms with E-state index in [9.17, 15) is 4.57 Å². The highest BCUT2D eigenvalue weighted by atomic mass is 31.2. The van der Waals surface area contributed by atoms with Gasteiger partial charge in [-0.1, -0.05) is 97.1 Å². The molecule has 4 rings (SSSR count). The first kappa shape index (κ1) is 20.4. The van der Waals surface area contributed by atoms with Crippen molar-refractivity contribution in [2.24, 2.45) is 0 Å². The van der Waals surface area contributed by atoms with Crippen LogP contribution in [0.3, 0.4) is 0 Å². The van der Waals surface area contributed by atoms with E-state index in [-0.39, 0.29) is 5.90 Å². The molecule has 0 saturated carbocycles. The third-order valence-corrected chi connectivity index (χ3v) is 9.76. The van der Waals surface area contributed by atoms with Gasteiger partial charge in [0.25, 0.3) is 0 Å². The predicted molar refractivity (Wildman–Crippen MR) is 126 cm³/mol. The zero-order valence-electron chi connectivity index (χ0n) is 16.4. The fourth-order valence-corrected chi connectivity index (χ4v) is 8.50. The zero-order valence-corrected chi connectivity index (χ0v) is 18.2. The van der Waals surface area contributed by atoms with E-state index < -0.39 is 15.5 Å². The molecule has 30 heavy (non-hydrogen) atoms. The van der Waals surface area contributed by atoms with Crippen molar-refractivity contribution >= 4 is 26.1 Å². The number of para-hydroxylation sites is 2. The van der Waals surface area contributed by atoms with Gasteiger partial charge in [0.05, 0.1) is 0 Å². The van der Waals surface area contributed by atoms with Crippen LogP contribution in [0.5, 0.6) is 11.5 Å².